The van der Waals surface area contributed by atoms with Crippen LogP contribution in [-0.2, 0) is 17.6 Å². The van der Waals surface area contributed by atoms with Crippen LogP contribution in [0.1, 0.15) is 11.1 Å². The monoisotopic (exact) mass is 457 g/mol. The Morgan fingerprint density at radius 3 is 2.68 bits per heavy atom. The van der Waals surface area contributed by atoms with Gasteiger partial charge >= 0.3 is 0 Å². The van der Waals surface area contributed by atoms with Crippen LogP contribution in [0.4, 0.5) is 17.2 Å². The fraction of sp³-hybridized carbons (Fsp3) is 0.308. The SMILES string of the molecule is O=C(NCCc1ccccc1)[C@@H]1Cc2cc([N+](=O)[O-])ccc2N2CCN(c3ccccn3)C[C@H]12. The molecule has 174 valence electrons. The van der Waals surface area contributed by atoms with Crippen LogP contribution in [0, 0.1) is 16.0 Å². The van der Waals surface area contributed by atoms with Crippen molar-refractivity contribution in [1.82, 2.24) is 10.3 Å². The zero-order valence-electron chi connectivity index (χ0n) is 18.8. The van der Waals surface area contributed by atoms with Gasteiger partial charge < -0.3 is 15.1 Å². The first-order valence-corrected chi connectivity index (χ1v) is 11.6. The number of aromatic nitrogens is 1. The molecule has 0 bridgehead atoms. The van der Waals surface area contributed by atoms with E-state index in [0.717, 1.165) is 36.6 Å². The Kier molecular flexibility index (Phi) is 6.12. The van der Waals surface area contributed by atoms with E-state index in [-0.39, 0.29) is 28.5 Å². The lowest BCUT2D eigenvalue weighted by Crippen LogP contribution is -2.61. The summed E-state index contributed by atoms with van der Waals surface area (Å²) >= 11 is 0. The van der Waals surface area contributed by atoms with Crippen LogP contribution in [0.5, 0.6) is 0 Å². The number of amides is 1. The molecule has 0 saturated carbocycles. The van der Waals surface area contributed by atoms with Crippen molar-refractivity contribution in [2.24, 2.45) is 5.92 Å². The summed E-state index contributed by atoms with van der Waals surface area (Å²) in [5.41, 5.74) is 3.09. The van der Waals surface area contributed by atoms with E-state index in [2.05, 4.69) is 32.2 Å². The van der Waals surface area contributed by atoms with E-state index in [1.165, 1.54) is 5.56 Å². The first-order valence-electron chi connectivity index (χ1n) is 11.6. The predicted octanol–water partition coefficient (Wildman–Crippen LogP) is 3.22. The van der Waals surface area contributed by atoms with Crippen LogP contribution in [0.2, 0.25) is 0 Å². The smallest absolute Gasteiger partial charge is 0.269 e. The molecule has 0 radical (unpaired) electrons. The van der Waals surface area contributed by atoms with E-state index >= 15 is 0 Å². The molecule has 1 amide bonds. The summed E-state index contributed by atoms with van der Waals surface area (Å²) < 4.78 is 0. The molecule has 1 aromatic heterocycles. The summed E-state index contributed by atoms with van der Waals surface area (Å²) in [5.74, 6) is 0.586. The Hall–Kier alpha value is -3.94. The van der Waals surface area contributed by atoms with E-state index in [4.69, 9.17) is 0 Å². The molecule has 2 atom stereocenters. The number of carbonyl (C=O) groups excluding carboxylic acids is 1. The van der Waals surface area contributed by atoms with Crippen molar-refractivity contribution < 1.29 is 9.72 Å². The number of carbonyl (C=O) groups is 1. The van der Waals surface area contributed by atoms with Gasteiger partial charge in [-0.15, -0.1) is 0 Å². The van der Waals surface area contributed by atoms with Gasteiger partial charge in [-0.3, -0.25) is 14.9 Å². The van der Waals surface area contributed by atoms with E-state index < -0.39 is 0 Å². The first kappa shape index (κ1) is 21.9. The minimum atomic E-state index is -0.375. The molecule has 34 heavy (non-hydrogen) atoms. The lowest BCUT2D eigenvalue weighted by molar-refractivity contribution is -0.384. The third-order valence-electron chi connectivity index (χ3n) is 6.77. The molecule has 8 heteroatoms. The summed E-state index contributed by atoms with van der Waals surface area (Å²) in [6, 6.07) is 20.9. The molecule has 1 saturated heterocycles. The van der Waals surface area contributed by atoms with Crippen LogP contribution in [0.3, 0.4) is 0 Å². The van der Waals surface area contributed by atoms with Crippen molar-refractivity contribution in [3.63, 3.8) is 0 Å². The van der Waals surface area contributed by atoms with Gasteiger partial charge in [-0.2, -0.15) is 0 Å². The predicted molar refractivity (Wildman–Crippen MR) is 131 cm³/mol. The van der Waals surface area contributed by atoms with Crippen molar-refractivity contribution in [2.45, 2.75) is 18.9 Å². The number of hydrogen-bond donors (Lipinski definition) is 1. The molecule has 3 heterocycles. The second-order valence-corrected chi connectivity index (χ2v) is 8.80. The van der Waals surface area contributed by atoms with Gasteiger partial charge in [0.1, 0.15) is 5.82 Å². The minimum absolute atomic E-state index is 0.00837. The first-order chi connectivity index (χ1) is 16.6. The highest BCUT2D eigenvalue weighted by Crippen LogP contribution is 2.38. The normalized spacial score (nSPS) is 19.2. The maximum atomic E-state index is 13.4. The lowest BCUT2D eigenvalue weighted by Gasteiger charge is -2.49. The number of piperazine rings is 1. The molecule has 8 nitrogen and oxygen atoms in total. The number of anilines is 2. The van der Waals surface area contributed by atoms with E-state index in [0.29, 0.717) is 19.5 Å². The number of non-ortho nitro benzene ring substituents is 1. The molecule has 0 spiro atoms. The molecule has 3 aromatic rings. The van der Waals surface area contributed by atoms with Crippen molar-refractivity contribution in [3.8, 4) is 0 Å². The van der Waals surface area contributed by atoms with Crippen molar-refractivity contribution >= 4 is 23.1 Å². The summed E-state index contributed by atoms with van der Waals surface area (Å²) in [4.78, 5) is 33.4. The van der Waals surface area contributed by atoms with Crippen LogP contribution in [-0.4, -0.2) is 48.0 Å². The quantitative estimate of drug-likeness (QED) is 0.451. The molecular formula is C26H27N5O3. The third-order valence-corrected chi connectivity index (χ3v) is 6.77. The highest BCUT2D eigenvalue weighted by atomic mass is 16.6. The van der Waals surface area contributed by atoms with Gasteiger partial charge in [0.15, 0.2) is 0 Å². The maximum Gasteiger partial charge on any atom is 0.269 e. The van der Waals surface area contributed by atoms with Gasteiger partial charge in [-0.25, -0.2) is 4.98 Å². The van der Waals surface area contributed by atoms with E-state index in [1.54, 1.807) is 18.3 Å². The van der Waals surface area contributed by atoms with E-state index in [1.807, 2.05) is 42.5 Å². The summed E-state index contributed by atoms with van der Waals surface area (Å²) in [7, 11) is 0. The number of benzene rings is 2. The average molecular weight is 458 g/mol. The molecule has 1 fully saturated rings. The second kappa shape index (κ2) is 9.51. The molecule has 2 aromatic carbocycles. The topological polar surface area (TPSA) is 91.6 Å². The van der Waals surface area contributed by atoms with Crippen molar-refractivity contribution in [2.75, 3.05) is 36.0 Å². The number of nitro benzene ring substituents is 1. The number of nitrogens with zero attached hydrogens (tertiary/aromatic N) is 4. The highest BCUT2D eigenvalue weighted by Gasteiger charge is 2.42. The van der Waals surface area contributed by atoms with E-state index in [9.17, 15) is 14.9 Å². The molecule has 1 N–H and O–H groups in total. The van der Waals surface area contributed by atoms with Crippen molar-refractivity contribution in [3.05, 3.63) is 94.2 Å². The van der Waals surface area contributed by atoms with Gasteiger partial charge in [0.25, 0.3) is 5.69 Å². The number of nitrogens with one attached hydrogen (secondary N) is 1. The van der Waals surface area contributed by atoms with Crippen LogP contribution < -0.4 is 15.1 Å². The molecule has 2 aliphatic heterocycles. The van der Waals surface area contributed by atoms with Gasteiger partial charge in [0.05, 0.1) is 16.9 Å². The Morgan fingerprint density at radius 1 is 1.09 bits per heavy atom. The number of fused-ring (bicyclic) bond motifs is 3. The van der Waals surface area contributed by atoms with Crippen LogP contribution >= 0.6 is 0 Å². The Morgan fingerprint density at radius 2 is 1.91 bits per heavy atom. The van der Waals surface area contributed by atoms with Crippen molar-refractivity contribution in [1.29, 1.82) is 0 Å². The zero-order chi connectivity index (χ0) is 23.5. The van der Waals surface area contributed by atoms with Gasteiger partial charge in [-0.05, 0) is 42.2 Å². The zero-order valence-corrected chi connectivity index (χ0v) is 18.8. The fourth-order valence-electron chi connectivity index (χ4n) is 5.08. The number of pyridine rings is 1. The Balaban J connectivity index is 1.39. The molecular weight excluding hydrogens is 430 g/mol. The van der Waals surface area contributed by atoms with Crippen LogP contribution in [0.25, 0.3) is 0 Å². The average Bonchev–Trinajstić information content (AvgIpc) is 2.88. The highest BCUT2D eigenvalue weighted by molar-refractivity contribution is 5.82. The minimum Gasteiger partial charge on any atom is -0.364 e. The Bertz CT molecular complexity index is 1170. The maximum absolute atomic E-state index is 13.4. The van der Waals surface area contributed by atoms with Gasteiger partial charge in [0.2, 0.25) is 5.91 Å². The second-order valence-electron chi connectivity index (χ2n) is 8.80. The number of rotatable bonds is 6. The Labute approximate surface area is 198 Å². The fourth-order valence-corrected chi connectivity index (χ4v) is 5.08. The number of nitro groups is 1. The third kappa shape index (κ3) is 4.44. The lowest BCUT2D eigenvalue weighted by atomic mass is 9.83. The van der Waals surface area contributed by atoms with Gasteiger partial charge in [0, 0.05) is 50.2 Å². The molecule has 0 aliphatic carbocycles. The largest absolute Gasteiger partial charge is 0.364 e. The van der Waals surface area contributed by atoms with Crippen LogP contribution in [0.15, 0.2) is 72.9 Å². The summed E-state index contributed by atoms with van der Waals surface area (Å²) in [6.45, 7) is 2.72. The molecule has 5 rings (SSSR count). The standard InChI is InChI=1S/C26H27N5O3/c32-26(28-13-11-19-6-2-1-3-7-19)22-17-20-16-21(31(33)34)9-10-23(20)30-15-14-29(18-24(22)30)25-8-4-5-12-27-25/h1-10,12,16,22,24H,11,13-15,17-18H2,(H,28,32)/t22-,24-/m1/s1. The molecule has 2 aliphatic rings. The summed E-state index contributed by atoms with van der Waals surface area (Å²) in [5, 5.41) is 14.5. The summed E-state index contributed by atoms with van der Waals surface area (Å²) in [6.07, 6.45) is 3.02. The number of hydrogen-bond acceptors (Lipinski definition) is 6. The molecule has 0 unspecified atom stereocenters. The van der Waals surface area contributed by atoms with Gasteiger partial charge in [-0.1, -0.05) is 36.4 Å².